The van der Waals surface area contributed by atoms with E-state index in [1.54, 1.807) is 4.90 Å². The van der Waals surface area contributed by atoms with Gasteiger partial charge in [-0.2, -0.15) is 0 Å². The van der Waals surface area contributed by atoms with E-state index in [0.717, 1.165) is 0 Å². The summed E-state index contributed by atoms with van der Waals surface area (Å²) in [7, 11) is 0. The average Bonchev–Trinajstić information content (AvgIpc) is 2.99. The quantitative estimate of drug-likeness (QED) is 0.0286. The minimum atomic E-state index is -0.117. The molecule has 0 aromatic rings. The van der Waals surface area contributed by atoms with E-state index in [4.69, 9.17) is 45.6 Å². The van der Waals surface area contributed by atoms with Crippen LogP contribution in [0.1, 0.15) is 19.3 Å². The molecule has 0 radical (unpaired) electrons. The second kappa shape index (κ2) is 31.7. The molecule has 0 aliphatic heterocycles. The summed E-state index contributed by atoms with van der Waals surface area (Å²) in [6.45, 7) is 6.35. The molecule has 0 fully saturated rings. The second-order valence-corrected chi connectivity index (χ2v) is 8.88. The van der Waals surface area contributed by atoms with Gasteiger partial charge in [-0.1, -0.05) is 5.11 Å². The van der Waals surface area contributed by atoms with Crippen molar-refractivity contribution in [3.05, 3.63) is 10.4 Å². The molecule has 42 heavy (non-hydrogen) atoms. The maximum absolute atomic E-state index is 12.8. The van der Waals surface area contributed by atoms with Crippen LogP contribution in [-0.2, 0) is 42.8 Å². The zero-order valence-corrected chi connectivity index (χ0v) is 25.4. The van der Waals surface area contributed by atoms with Crippen LogP contribution >= 0.6 is 11.6 Å². The number of ether oxygens (including phenoxy) is 6. The molecule has 3 amide bonds. The van der Waals surface area contributed by atoms with Crippen LogP contribution in [0.15, 0.2) is 5.11 Å². The third-order valence-electron chi connectivity index (χ3n) is 5.20. The first-order valence-electron chi connectivity index (χ1n) is 14.2. The van der Waals surface area contributed by atoms with Crippen LogP contribution in [0, 0.1) is 0 Å². The molecule has 16 nitrogen and oxygen atoms in total. The number of quaternary nitrogens is 1. The Labute approximate surface area is 252 Å². The maximum Gasteiger partial charge on any atom is 0.225 e. The highest BCUT2D eigenvalue weighted by atomic mass is 35.5. The van der Waals surface area contributed by atoms with Crippen molar-refractivity contribution in [1.82, 2.24) is 15.5 Å². The first kappa shape index (κ1) is 39.7. The van der Waals surface area contributed by atoms with Crippen LogP contribution in [0.25, 0.3) is 10.4 Å². The molecule has 5 N–H and O–H groups in total. The molecule has 0 aliphatic rings. The summed E-state index contributed by atoms with van der Waals surface area (Å²) >= 11 is 5.53. The highest BCUT2D eigenvalue weighted by Gasteiger charge is 2.13. The van der Waals surface area contributed by atoms with Crippen LogP contribution in [0.5, 0.6) is 0 Å². The molecule has 0 saturated carbocycles. The third kappa shape index (κ3) is 27.9. The van der Waals surface area contributed by atoms with Crippen LogP contribution in [-0.4, -0.2) is 147 Å². The first-order chi connectivity index (χ1) is 20.5. The van der Waals surface area contributed by atoms with Gasteiger partial charge >= 0.3 is 0 Å². The molecule has 0 heterocycles. The first-order valence-corrected chi connectivity index (χ1v) is 14.7. The van der Waals surface area contributed by atoms with E-state index < -0.39 is 0 Å². The van der Waals surface area contributed by atoms with Gasteiger partial charge in [0.05, 0.1) is 98.8 Å². The predicted molar refractivity (Wildman–Crippen MR) is 154 cm³/mol. The lowest BCUT2D eigenvalue weighted by Crippen LogP contribution is -2.54. The number of alkyl halides is 1. The number of hydrogen-bond acceptors (Lipinski definition) is 10. The van der Waals surface area contributed by atoms with Crippen molar-refractivity contribution in [2.45, 2.75) is 19.3 Å². The lowest BCUT2D eigenvalue weighted by molar-refractivity contribution is -0.364. The van der Waals surface area contributed by atoms with Gasteiger partial charge in [-0.25, -0.2) is 0 Å². The van der Waals surface area contributed by atoms with Crippen molar-refractivity contribution in [2.75, 3.05) is 124 Å². The summed E-state index contributed by atoms with van der Waals surface area (Å²) < 4.78 is 32.7. The Morgan fingerprint density at radius 3 is 1.62 bits per heavy atom. The Kier molecular flexibility index (Phi) is 29.9. The van der Waals surface area contributed by atoms with Gasteiger partial charge in [0.2, 0.25) is 17.7 Å². The maximum atomic E-state index is 12.8. The number of nitrogens with zero attached hydrogens (tertiary/aromatic N) is 4. The van der Waals surface area contributed by atoms with E-state index in [1.165, 1.54) is 0 Å². The highest BCUT2D eigenvalue weighted by molar-refractivity contribution is 6.18. The van der Waals surface area contributed by atoms with E-state index in [-0.39, 0.29) is 56.7 Å². The summed E-state index contributed by atoms with van der Waals surface area (Å²) in [4.78, 5) is 40.1. The van der Waals surface area contributed by atoms with E-state index in [2.05, 4.69) is 26.4 Å². The SMILES string of the molecule is [N-]=[N+]=NCCOCCOCCC(=O)N(CCOCCOCCC(=O)NCC[NH3+])CCOCCOCCC(=O)NCCCl. The van der Waals surface area contributed by atoms with E-state index in [1.807, 2.05) is 0 Å². The summed E-state index contributed by atoms with van der Waals surface area (Å²) in [6.07, 6.45) is 0.717. The van der Waals surface area contributed by atoms with Gasteiger partial charge in [-0.15, -0.1) is 11.6 Å². The molecular weight excluding hydrogens is 578 g/mol. The van der Waals surface area contributed by atoms with E-state index in [0.29, 0.717) is 105 Å². The van der Waals surface area contributed by atoms with Gasteiger partial charge in [0, 0.05) is 49.8 Å². The molecule has 0 unspecified atom stereocenters. The van der Waals surface area contributed by atoms with E-state index >= 15 is 0 Å². The second-order valence-electron chi connectivity index (χ2n) is 8.50. The lowest BCUT2D eigenvalue weighted by Gasteiger charge is -2.23. The summed E-state index contributed by atoms with van der Waals surface area (Å²) in [5.41, 5.74) is 11.9. The zero-order chi connectivity index (χ0) is 30.9. The summed E-state index contributed by atoms with van der Waals surface area (Å²) in [6, 6.07) is 0. The molecule has 0 spiro atoms. The largest absolute Gasteiger partial charge is 0.379 e. The Morgan fingerprint density at radius 2 is 1.14 bits per heavy atom. The molecule has 244 valence electrons. The van der Waals surface area contributed by atoms with E-state index in [9.17, 15) is 14.4 Å². The van der Waals surface area contributed by atoms with Crippen LogP contribution in [0.3, 0.4) is 0 Å². The summed E-state index contributed by atoms with van der Waals surface area (Å²) in [5.74, 6) is 0.0714. The molecule has 0 aromatic heterocycles. The fourth-order valence-corrected chi connectivity index (χ4v) is 3.16. The average molecular weight is 627 g/mol. The van der Waals surface area contributed by atoms with Crippen LogP contribution in [0.2, 0.25) is 0 Å². The van der Waals surface area contributed by atoms with Crippen molar-refractivity contribution < 1.29 is 48.5 Å². The van der Waals surface area contributed by atoms with Crippen molar-refractivity contribution >= 4 is 29.3 Å². The third-order valence-corrected chi connectivity index (χ3v) is 5.39. The van der Waals surface area contributed by atoms with Crippen molar-refractivity contribution in [2.24, 2.45) is 5.11 Å². The van der Waals surface area contributed by atoms with Crippen LogP contribution < -0.4 is 16.4 Å². The number of hydrogen-bond donors (Lipinski definition) is 3. The van der Waals surface area contributed by atoms with Gasteiger partial charge in [-0.05, 0) is 5.53 Å². The predicted octanol–water partition coefficient (Wildman–Crippen LogP) is -0.892. The van der Waals surface area contributed by atoms with Crippen molar-refractivity contribution in [1.29, 1.82) is 0 Å². The number of halogens is 1. The van der Waals surface area contributed by atoms with Gasteiger partial charge in [0.15, 0.2) is 0 Å². The molecule has 0 atom stereocenters. The fraction of sp³-hybridized carbons (Fsp3) is 0.880. The zero-order valence-electron chi connectivity index (χ0n) is 24.6. The molecule has 0 rings (SSSR count). The van der Waals surface area contributed by atoms with Crippen molar-refractivity contribution in [3.8, 4) is 0 Å². The molecule has 17 heteroatoms. The minimum Gasteiger partial charge on any atom is -0.379 e. The number of rotatable bonds is 31. The number of azide groups is 1. The molecule has 0 bridgehead atoms. The van der Waals surface area contributed by atoms with Crippen LogP contribution in [0.4, 0.5) is 0 Å². The van der Waals surface area contributed by atoms with Gasteiger partial charge in [0.1, 0.15) is 0 Å². The molecule has 0 aromatic carbocycles. The topological polar surface area (TPSA) is 210 Å². The van der Waals surface area contributed by atoms with Gasteiger partial charge in [0.25, 0.3) is 0 Å². The Hall–Kier alpha value is -2.27. The fourth-order valence-electron chi connectivity index (χ4n) is 3.07. The number of nitrogens with one attached hydrogen (secondary N) is 2. The number of amides is 3. The smallest absolute Gasteiger partial charge is 0.225 e. The summed E-state index contributed by atoms with van der Waals surface area (Å²) in [5, 5.41) is 8.76. The molecule has 0 saturated heterocycles. The highest BCUT2D eigenvalue weighted by Crippen LogP contribution is 1.98. The van der Waals surface area contributed by atoms with Gasteiger partial charge in [-0.3, -0.25) is 14.4 Å². The van der Waals surface area contributed by atoms with Crippen molar-refractivity contribution in [3.63, 3.8) is 0 Å². The molecule has 0 aliphatic carbocycles. The molecular formula is C25H49ClN7O9+. The standard InChI is InChI=1S/C25H48ClN7O9/c26-4-6-29-23(34)1-11-37-18-21-41-15-9-33(25(36)3-13-39-17-20-40-14-8-31-32-28)10-16-42-22-19-38-12-2-24(35)30-7-5-27/h1-22,27H2,(H,29,34)(H,30,35)/p+1. The Morgan fingerprint density at radius 1 is 0.690 bits per heavy atom. The minimum absolute atomic E-state index is 0.0742. The lowest BCUT2D eigenvalue weighted by atomic mass is 10.3. The Bertz CT molecular complexity index is 698. The normalized spacial score (nSPS) is 10.7. The number of carbonyl (C=O) groups excluding carboxylic acids is 3. The number of carbonyl (C=O) groups is 3. The van der Waals surface area contributed by atoms with Gasteiger partial charge < -0.3 is 49.7 Å². The Balaban J connectivity index is 4.20. The monoisotopic (exact) mass is 626 g/mol.